The average molecular weight is 411 g/mol. The second-order valence-corrected chi connectivity index (χ2v) is 6.52. The number of carbonyl (C=O) groups is 2. The fourth-order valence-corrected chi connectivity index (χ4v) is 2.83. The van der Waals surface area contributed by atoms with Gasteiger partial charge in [-0.15, -0.1) is 0 Å². The molecule has 3 aromatic rings. The standard InChI is InChI=1S/C22H19ClN2O4/c1-28-18-10-7-16(8-11-18)21(15-5-3-2-4-6-15)25-20(26)14-29-22(27)17-9-12-19(23)24-13-17/h2-13,21H,14H2,1H3,(H,25,26)/t21-/m1/s1. The van der Waals surface area contributed by atoms with Gasteiger partial charge in [-0.1, -0.05) is 54.1 Å². The molecule has 3 rings (SSSR count). The molecule has 1 amide bonds. The monoisotopic (exact) mass is 410 g/mol. The summed E-state index contributed by atoms with van der Waals surface area (Å²) in [5, 5.41) is 3.18. The van der Waals surface area contributed by atoms with Crippen molar-refractivity contribution in [3.05, 3.63) is 94.8 Å². The van der Waals surface area contributed by atoms with Gasteiger partial charge in [-0.3, -0.25) is 4.79 Å². The topological polar surface area (TPSA) is 77.5 Å². The van der Waals surface area contributed by atoms with Crippen molar-refractivity contribution in [1.29, 1.82) is 0 Å². The zero-order valence-electron chi connectivity index (χ0n) is 15.7. The van der Waals surface area contributed by atoms with Crippen LogP contribution in [0, 0.1) is 0 Å². The third kappa shape index (κ3) is 5.56. The van der Waals surface area contributed by atoms with E-state index in [1.807, 2.05) is 54.6 Å². The Bertz CT molecular complexity index is 960. The molecule has 0 saturated heterocycles. The summed E-state index contributed by atoms with van der Waals surface area (Å²) in [4.78, 5) is 28.3. The Morgan fingerprint density at radius 3 is 2.31 bits per heavy atom. The molecule has 29 heavy (non-hydrogen) atoms. The van der Waals surface area contributed by atoms with Crippen molar-refractivity contribution in [2.75, 3.05) is 13.7 Å². The fourth-order valence-electron chi connectivity index (χ4n) is 2.71. The van der Waals surface area contributed by atoms with Gasteiger partial charge >= 0.3 is 5.97 Å². The van der Waals surface area contributed by atoms with Crippen LogP contribution >= 0.6 is 11.6 Å². The molecule has 0 bridgehead atoms. The lowest BCUT2D eigenvalue weighted by atomic mass is 9.98. The molecule has 1 heterocycles. The minimum absolute atomic E-state index is 0.219. The first kappa shape index (κ1) is 20.4. The zero-order chi connectivity index (χ0) is 20.6. The van der Waals surface area contributed by atoms with Gasteiger partial charge < -0.3 is 14.8 Å². The van der Waals surface area contributed by atoms with Crippen molar-refractivity contribution in [3.8, 4) is 5.75 Å². The minimum Gasteiger partial charge on any atom is -0.497 e. The van der Waals surface area contributed by atoms with Crippen molar-refractivity contribution in [2.45, 2.75) is 6.04 Å². The molecule has 7 heteroatoms. The quantitative estimate of drug-likeness (QED) is 0.473. The molecule has 0 aliphatic heterocycles. The number of pyridine rings is 1. The van der Waals surface area contributed by atoms with E-state index in [1.54, 1.807) is 7.11 Å². The lowest BCUT2D eigenvalue weighted by Gasteiger charge is -2.20. The Kier molecular flexibility index (Phi) is 6.81. The number of ether oxygens (including phenoxy) is 2. The molecule has 0 saturated carbocycles. The molecule has 1 N–H and O–H groups in total. The number of carbonyl (C=O) groups excluding carboxylic acids is 2. The van der Waals surface area contributed by atoms with Gasteiger partial charge in [-0.2, -0.15) is 0 Å². The van der Waals surface area contributed by atoms with E-state index in [0.717, 1.165) is 16.9 Å². The molecule has 0 radical (unpaired) electrons. The average Bonchev–Trinajstić information content (AvgIpc) is 2.77. The van der Waals surface area contributed by atoms with Crippen LogP contribution in [0.1, 0.15) is 27.5 Å². The highest BCUT2D eigenvalue weighted by molar-refractivity contribution is 6.29. The van der Waals surface area contributed by atoms with E-state index in [-0.39, 0.29) is 10.7 Å². The molecular formula is C22H19ClN2O4. The molecule has 6 nitrogen and oxygen atoms in total. The second kappa shape index (κ2) is 9.71. The van der Waals surface area contributed by atoms with Gasteiger partial charge in [-0.25, -0.2) is 9.78 Å². The highest BCUT2D eigenvalue weighted by atomic mass is 35.5. The molecule has 1 aromatic heterocycles. The van der Waals surface area contributed by atoms with Gasteiger partial charge in [0.15, 0.2) is 6.61 Å². The molecular weight excluding hydrogens is 392 g/mol. The fraction of sp³-hybridized carbons (Fsp3) is 0.136. The van der Waals surface area contributed by atoms with E-state index >= 15 is 0 Å². The van der Waals surface area contributed by atoms with E-state index in [2.05, 4.69) is 10.3 Å². The summed E-state index contributed by atoms with van der Waals surface area (Å²) in [7, 11) is 1.59. The molecule has 0 fully saturated rings. The summed E-state index contributed by atoms with van der Waals surface area (Å²) < 4.78 is 10.3. The predicted molar refractivity (Wildman–Crippen MR) is 109 cm³/mol. The maximum absolute atomic E-state index is 12.5. The smallest absolute Gasteiger partial charge is 0.340 e. The van der Waals surface area contributed by atoms with Gasteiger partial charge in [0.25, 0.3) is 5.91 Å². The van der Waals surface area contributed by atoms with Crippen LogP contribution in [0.15, 0.2) is 72.9 Å². The van der Waals surface area contributed by atoms with E-state index in [0.29, 0.717) is 0 Å². The number of nitrogens with one attached hydrogen (secondary N) is 1. The number of hydrogen-bond acceptors (Lipinski definition) is 5. The molecule has 0 spiro atoms. The van der Waals surface area contributed by atoms with Crippen molar-refractivity contribution in [3.63, 3.8) is 0 Å². The molecule has 2 aromatic carbocycles. The number of methoxy groups -OCH3 is 1. The Morgan fingerprint density at radius 2 is 1.69 bits per heavy atom. The number of halogens is 1. The van der Waals surface area contributed by atoms with Crippen LogP contribution in [0.2, 0.25) is 5.15 Å². The molecule has 148 valence electrons. The Hall–Kier alpha value is -3.38. The van der Waals surface area contributed by atoms with Crippen LogP contribution in [0.3, 0.4) is 0 Å². The highest BCUT2D eigenvalue weighted by Crippen LogP contribution is 2.24. The van der Waals surface area contributed by atoms with E-state index in [9.17, 15) is 9.59 Å². The zero-order valence-corrected chi connectivity index (χ0v) is 16.4. The van der Waals surface area contributed by atoms with Crippen LogP contribution in [-0.2, 0) is 9.53 Å². The predicted octanol–water partition coefficient (Wildman–Crippen LogP) is 3.81. The van der Waals surface area contributed by atoms with Gasteiger partial charge in [0.05, 0.1) is 18.7 Å². The highest BCUT2D eigenvalue weighted by Gasteiger charge is 2.18. The molecule has 0 unspecified atom stereocenters. The summed E-state index contributed by atoms with van der Waals surface area (Å²) in [5.41, 5.74) is 2.00. The van der Waals surface area contributed by atoms with Crippen LogP contribution in [-0.4, -0.2) is 30.6 Å². The Balaban J connectivity index is 1.69. The van der Waals surface area contributed by atoms with Gasteiger partial charge in [0, 0.05) is 6.20 Å². The first-order chi connectivity index (χ1) is 14.1. The molecule has 1 atom stereocenters. The van der Waals surface area contributed by atoms with E-state index in [4.69, 9.17) is 21.1 Å². The SMILES string of the molecule is COc1ccc([C@H](NC(=O)COC(=O)c2ccc(Cl)nc2)c2ccccc2)cc1. The minimum atomic E-state index is -0.648. The first-order valence-corrected chi connectivity index (χ1v) is 9.21. The lowest BCUT2D eigenvalue weighted by molar-refractivity contribution is -0.124. The third-order valence-electron chi connectivity index (χ3n) is 4.18. The maximum Gasteiger partial charge on any atom is 0.340 e. The Labute approximate surface area is 173 Å². The summed E-state index contributed by atoms with van der Waals surface area (Å²) in [5.74, 6) is -0.354. The summed E-state index contributed by atoms with van der Waals surface area (Å²) >= 11 is 5.70. The number of esters is 1. The number of amides is 1. The van der Waals surface area contributed by atoms with Gasteiger partial charge in [0.1, 0.15) is 10.9 Å². The third-order valence-corrected chi connectivity index (χ3v) is 4.41. The second-order valence-electron chi connectivity index (χ2n) is 6.13. The lowest BCUT2D eigenvalue weighted by Crippen LogP contribution is -2.33. The summed E-state index contributed by atoms with van der Waals surface area (Å²) in [6.07, 6.45) is 1.30. The number of benzene rings is 2. The summed E-state index contributed by atoms with van der Waals surface area (Å²) in [6.45, 7) is -0.416. The largest absolute Gasteiger partial charge is 0.497 e. The number of nitrogens with zero attached hydrogens (tertiary/aromatic N) is 1. The maximum atomic E-state index is 12.5. The van der Waals surface area contributed by atoms with Crippen molar-refractivity contribution in [2.24, 2.45) is 0 Å². The number of hydrogen-bond donors (Lipinski definition) is 1. The Morgan fingerprint density at radius 1 is 1.00 bits per heavy atom. The van der Waals surface area contributed by atoms with Crippen LogP contribution < -0.4 is 10.1 Å². The number of aromatic nitrogens is 1. The molecule has 0 aliphatic rings. The van der Waals surface area contributed by atoms with Crippen LogP contribution in [0.5, 0.6) is 5.75 Å². The van der Waals surface area contributed by atoms with Gasteiger partial charge in [-0.05, 0) is 35.4 Å². The summed E-state index contributed by atoms with van der Waals surface area (Å²) in [6, 6.07) is 19.5. The van der Waals surface area contributed by atoms with Gasteiger partial charge in [0.2, 0.25) is 0 Å². The van der Waals surface area contributed by atoms with E-state index in [1.165, 1.54) is 18.3 Å². The van der Waals surface area contributed by atoms with E-state index < -0.39 is 24.5 Å². The van der Waals surface area contributed by atoms with Crippen molar-refractivity contribution < 1.29 is 19.1 Å². The normalized spacial score (nSPS) is 11.4. The molecule has 0 aliphatic carbocycles. The first-order valence-electron chi connectivity index (χ1n) is 8.84. The van der Waals surface area contributed by atoms with Crippen molar-refractivity contribution >= 4 is 23.5 Å². The number of rotatable bonds is 7. The van der Waals surface area contributed by atoms with Crippen LogP contribution in [0.25, 0.3) is 0 Å². The van der Waals surface area contributed by atoms with Crippen molar-refractivity contribution in [1.82, 2.24) is 10.3 Å². The van der Waals surface area contributed by atoms with Crippen LogP contribution in [0.4, 0.5) is 0 Å².